The number of likely N-dealkylation sites (N-methyl/N-ethyl adjacent to an activating group) is 1. The number of nitro groups is 1. The first-order chi connectivity index (χ1) is 11.8. The largest absolute Gasteiger partial charge is 0.325 e. The highest BCUT2D eigenvalue weighted by atomic mass is 16.6. The first-order valence-electron chi connectivity index (χ1n) is 8.09. The first-order valence-corrected chi connectivity index (χ1v) is 8.09. The second-order valence-electron chi connectivity index (χ2n) is 6.29. The molecule has 0 aromatic heterocycles. The molecule has 6 heteroatoms. The van der Waals surface area contributed by atoms with E-state index < -0.39 is 4.92 Å². The van der Waals surface area contributed by atoms with Gasteiger partial charge in [-0.3, -0.25) is 19.8 Å². The summed E-state index contributed by atoms with van der Waals surface area (Å²) in [5.41, 5.74) is 3.92. The van der Waals surface area contributed by atoms with Gasteiger partial charge in [0.2, 0.25) is 5.91 Å². The van der Waals surface area contributed by atoms with E-state index in [-0.39, 0.29) is 24.2 Å². The Morgan fingerprint density at radius 1 is 1.20 bits per heavy atom. The van der Waals surface area contributed by atoms with E-state index in [9.17, 15) is 14.9 Å². The molecule has 0 saturated carbocycles. The van der Waals surface area contributed by atoms with Crippen LogP contribution in [0, 0.1) is 24.0 Å². The quantitative estimate of drug-likeness (QED) is 0.640. The van der Waals surface area contributed by atoms with E-state index in [2.05, 4.69) is 5.32 Å². The maximum Gasteiger partial charge on any atom is 0.269 e. The van der Waals surface area contributed by atoms with Crippen LogP contribution >= 0.6 is 0 Å². The number of nitrogens with zero attached hydrogens (tertiary/aromatic N) is 2. The molecule has 132 valence electrons. The minimum absolute atomic E-state index is 0.0531. The standard InChI is InChI=1S/C19H23N3O3/c1-13-8-9-17(10-14(13)2)20-19(23)12-21(4)15(3)16-6-5-7-18(11-16)22(24)25/h5-11,15H,12H2,1-4H3,(H,20,23). The van der Waals surface area contributed by atoms with Gasteiger partial charge in [0.1, 0.15) is 0 Å². The van der Waals surface area contributed by atoms with Crippen molar-refractivity contribution in [3.8, 4) is 0 Å². The first kappa shape index (κ1) is 18.6. The zero-order valence-corrected chi connectivity index (χ0v) is 14.9. The van der Waals surface area contributed by atoms with E-state index in [0.717, 1.165) is 16.8 Å². The van der Waals surface area contributed by atoms with Gasteiger partial charge in [-0.2, -0.15) is 0 Å². The third-order valence-corrected chi connectivity index (χ3v) is 4.41. The molecule has 0 aliphatic rings. The number of nitro benzene ring substituents is 1. The van der Waals surface area contributed by atoms with Crippen LogP contribution in [-0.4, -0.2) is 29.3 Å². The molecule has 1 N–H and O–H groups in total. The van der Waals surface area contributed by atoms with Crippen LogP contribution in [0.15, 0.2) is 42.5 Å². The lowest BCUT2D eigenvalue weighted by atomic mass is 10.1. The molecule has 0 heterocycles. The second kappa shape index (κ2) is 7.90. The molecular formula is C19H23N3O3. The normalized spacial score (nSPS) is 12.0. The van der Waals surface area contributed by atoms with E-state index in [4.69, 9.17) is 0 Å². The second-order valence-corrected chi connectivity index (χ2v) is 6.29. The Bertz CT molecular complexity index is 789. The summed E-state index contributed by atoms with van der Waals surface area (Å²) < 4.78 is 0. The van der Waals surface area contributed by atoms with Crippen molar-refractivity contribution in [2.24, 2.45) is 0 Å². The van der Waals surface area contributed by atoms with Gasteiger partial charge in [0.15, 0.2) is 0 Å². The van der Waals surface area contributed by atoms with Crippen molar-refractivity contribution in [3.05, 3.63) is 69.3 Å². The lowest BCUT2D eigenvalue weighted by Crippen LogP contribution is -2.32. The number of aryl methyl sites for hydroxylation is 2. The van der Waals surface area contributed by atoms with E-state index in [0.29, 0.717) is 0 Å². The zero-order valence-electron chi connectivity index (χ0n) is 14.9. The third-order valence-electron chi connectivity index (χ3n) is 4.41. The number of carbonyl (C=O) groups excluding carboxylic acids is 1. The lowest BCUT2D eigenvalue weighted by Gasteiger charge is -2.24. The molecule has 0 fully saturated rings. The maximum absolute atomic E-state index is 12.3. The van der Waals surface area contributed by atoms with Crippen LogP contribution in [0.1, 0.15) is 29.7 Å². The van der Waals surface area contributed by atoms with Crippen molar-refractivity contribution in [2.45, 2.75) is 26.8 Å². The lowest BCUT2D eigenvalue weighted by molar-refractivity contribution is -0.384. The molecule has 1 atom stereocenters. The Balaban J connectivity index is 2.01. The van der Waals surface area contributed by atoms with Crippen molar-refractivity contribution in [1.82, 2.24) is 4.90 Å². The van der Waals surface area contributed by atoms with Crippen LogP contribution in [0.4, 0.5) is 11.4 Å². The van der Waals surface area contributed by atoms with E-state index >= 15 is 0 Å². The van der Waals surface area contributed by atoms with Gasteiger partial charge in [-0.25, -0.2) is 0 Å². The number of hydrogen-bond acceptors (Lipinski definition) is 4. The van der Waals surface area contributed by atoms with Crippen LogP contribution in [0.25, 0.3) is 0 Å². The molecule has 25 heavy (non-hydrogen) atoms. The fourth-order valence-corrected chi connectivity index (χ4v) is 2.54. The Hall–Kier alpha value is -2.73. The number of carbonyl (C=O) groups is 1. The minimum Gasteiger partial charge on any atom is -0.325 e. The molecule has 0 aliphatic carbocycles. The van der Waals surface area contributed by atoms with E-state index in [1.807, 2.05) is 57.0 Å². The number of anilines is 1. The zero-order chi connectivity index (χ0) is 18.6. The van der Waals surface area contributed by atoms with Crippen molar-refractivity contribution >= 4 is 17.3 Å². The van der Waals surface area contributed by atoms with Crippen molar-refractivity contribution in [1.29, 1.82) is 0 Å². The Labute approximate surface area is 147 Å². The summed E-state index contributed by atoms with van der Waals surface area (Å²) in [6.45, 7) is 6.14. The van der Waals surface area contributed by atoms with Gasteiger partial charge in [0, 0.05) is 23.9 Å². The molecule has 0 aliphatic heterocycles. The minimum atomic E-state index is -0.414. The highest BCUT2D eigenvalue weighted by Crippen LogP contribution is 2.23. The Morgan fingerprint density at radius 2 is 1.92 bits per heavy atom. The predicted octanol–water partition coefficient (Wildman–Crippen LogP) is 3.84. The van der Waals surface area contributed by atoms with Gasteiger partial charge < -0.3 is 5.32 Å². The number of rotatable bonds is 6. The summed E-state index contributed by atoms with van der Waals surface area (Å²) in [4.78, 5) is 24.6. The van der Waals surface area contributed by atoms with Crippen LogP contribution in [-0.2, 0) is 4.79 Å². The molecule has 0 saturated heterocycles. The molecule has 0 bridgehead atoms. The summed E-state index contributed by atoms with van der Waals surface area (Å²) in [5, 5.41) is 13.8. The van der Waals surface area contributed by atoms with E-state index in [1.165, 1.54) is 11.6 Å². The average molecular weight is 341 g/mol. The number of non-ortho nitro benzene ring substituents is 1. The maximum atomic E-state index is 12.3. The Kier molecular flexibility index (Phi) is 5.88. The SMILES string of the molecule is Cc1ccc(NC(=O)CN(C)C(C)c2cccc([N+](=O)[O-])c2)cc1C. The molecule has 2 aromatic rings. The van der Waals surface area contributed by atoms with E-state index in [1.54, 1.807) is 12.1 Å². The number of hydrogen-bond donors (Lipinski definition) is 1. The fourth-order valence-electron chi connectivity index (χ4n) is 2.54. The van der Waals surface area contributed by atoms with Gasteiger partial charge in [-0.15, -0.1) is 0 Å². The Morgan fingerprint density at radius 3 is 2.56 bits per heavy atom. The predicted molar refractivity (Wildman–Crippen MR) is 98.7 cm³/mol. The molecule has 0 spiro atoms. The van der Waals surface area contributed by atoms with Crippen LogP contribution in [0.3, 0.4) is 0 Å². The third kappa shape index (κ3) is 4.87. The molecule has 1 amide bonds. The van der Waals surface area contributed by atoms with Crippen molar-refractivity contribution < 1.29 is 9.72 Å². The van der Waals surface area contributed by atoms with Crippen LogP contribution in [0.2, 0.25) is 0 Å². The fraction of sp³-hybridized carbons (Fsp3) is 0.316. The average Bonchev–Trinajstić information content (AvgIpc) is 2.57. The van der Waals surface area contributed by atoms with Crippen LogP contribution < -0.4 is 5.32 Å². The summed E-state index contributed by atoms with van der Waals surface area (Å²) in [6, 6.07) is 12.2. The summed E-state index contributed by atoms with van der Waals surface area (Å²) in [6.07, 6.45) is 0. The van der Waals surface area contributed by atoms with Gasteiger partial charge in [-0.05, 0) is 56.6 Å². The van der Waals surface area contributed by atoms with Crippen molar-refractivity contribution in [2.75, 3.05) is 18.9 Å². The molecule has 2 rings (SSSR count). The number of benzene rings is 2. The summed E-state index contributed by atoms with van der Waals surface area (Å²) >= 11 is 0. The monoisotopic (exact) mass is 341 g/mol. The summed E-state index contributed by atoms with van der Waals surface area (Å²) in [5.74, 6) is -0.122. The van der Waals surface area contributed by atoms with Gasteiger partial charge >= 0.3 is 0 Å². The molecule has 1 unspecified atom stereocenters. The highest BCUT2D eigenvalue weighted by Gasteiger charge is 2.17. The van der Waals surface area contributed by atoms with Crippen molar-refractivity contribution in [3.63, 3.8) is 0 Å². The molecule has 2 aromatic carbocycles. The highest BCUT2D eigenvalue weighted by molar-refractivity contribution is 5.92. The van der Waals surface area contributed by atoms with Gasteiger partial charge in [-0.1, -0.05) is 18.2 Å². The molecule has 6 nitrogen and oxygen atoms in total. The van der Waals surface area contributed by atoms with Gasteiger partial charge in [0.05, 0.1) is 11.5 Å². The molecular weight excluding hydrogens is 318 g/mol. The summed E-state index contributed by atoms with van der Waals surface area (Å²) in [7, 11) is 1.82. The molecule has 0 radical (unpaired) electrons. The topological polar surface area (TPSA) is 75.5 Å². The smallest absolute Gasteiger partial charge is 0.269 e. The van der Waals surface area contributed by atoms with Crippen LogP contribution in [0.5, 0.6) is 0 Å². The number of amides is 1. The van der Waals surface area contributed by atoms with Gasteiger partial charge in [0.25, 0.3) is 5.69 Å². The number of nitrogens with one attached hydrogen (secondary N) is 1.